The van der Waals surface area contributed by atoms with Crippen molar-refractivity contribution in [3.63, 3.8) is 0 Å². The smallest absolute Gasteiger partial charge is 0.251 e. The Morgan fingerprint density at radius 3 is 2.62 bits per heavy atom. The maximum Gasteiger partial charge on any atom is 0.251 e. The number of nitrogens with zero attached hydrogens (tertiary/aromatic N) is 4. The van der Waals surface area contributed by atoms with Gasteiger partial charge in [-0.2, -0.15) is 0 Å². The third-order valence-electron chi connectivity index (χ3n) is 3.93. The SMILES string of the molecule is CCn1nnnc1COc1ccc(C(=O)NCCc2ccccc2)cc1. The van der Waals surface area contributed by atoms with Gasteiger partial charge in [-0.05, 0) is 53.6 Å². The molecule has 1 heterocycles. The third kappa shape index (κ3) is 4.66. The molecule has 0 bridgehead atoms. The summed E-state index contributed by atoms with van der Waals surface area (Å²) in [5, 5.41) is 14.3. The first kappa shape index (κ1) is 17.6. The molecular formula is C19H21N5O2. The summed E-state index contributed by atoms with van der Waals surface area (Å²) < 4.78 is 7.35. The highest BCUT2D eigenvalue weighted by molar-refractivity contribution is 5.94. The van der Waals surface area contributed by atoms with Crippen molar-refractivity contribution in [2.24, 2.45) is 0 Å². The van der Waals surface area contributed by atoms with Crippen LogP contribution in [-0.2, 0) is 19.6 Å². The van der Waals surface area contributed by atoms with E-state index in [0.717, 1.165) is 6.42 Å². The minimum atomic E-state index is -0.0950. The van der Waals surface area contributed by atoms with E-state index >= 15 is 0 Å². The number of hydrogen-bond donors (Lipinski definition) is 1. The average Bonchev–Trinajstić information content (AvgIpc) is 3.15. The zero-order valence-corrected chi connectivity index (χ0v) is 14.6. The van der Waals surface area contributed by atoms with Crippen molar-refractivity contribution < 1.29 is 9.53 Å². The Morgan fingerprint density at radius 2 is 1.88 bits per heavy atom. The number of rotatable bonds is 8. The number of amides is 1. The maximum absolute atomic E-state index is 12.2. The Morgan fingerprint density at radius 1 is 1.12 bits per heavy atom. The van der Waals surface area contributed by atoms with E-state index < -0.39 is 0 Å². The summed E-state index contributed by atoms with van der Waals surface area (Å²) in [5.41, 5.74) is 1.80. The van der Waals surface area contributed by atoms with Crippen molar-refractivity contribution in [2.75, 3.05) is 6.54 Å². The molecule has 7 nitrogen and oxygen atoms in total. The van der Waals surface area contributed by atoms with Crippen molar-refractivity contribution in [2.45, 2.75) is 26.5 Å². The summed E-state index contributed by atoms with van der Waals surface area (Å²) in [4.78, 5) is 12.2. The Hall–Kier alpha value is -3.22. The van der Waals surface area contributed by atoms with Gasteiger partial charge in [-0.25, -0.2) is 4.68 Å². The second kappa shape index (κ2) is 8.75. The van der Waals surface area contributed by atoms with Crippen molar-refractivity contribution in [3.8, 4) is 5.75 Å². The van der Waals surface area contributed by atoms with Crippen LogP contribution in [0.5, 0.6) is 5.75 Å². The van der Waals surface area contributed by atoms with Crippen molar-refractivity contribution in [1.82, 2.24) is 25.5 Å². The monoisotopic (exact) mass is 351 g/mol. The molecule has 3 rings (SSSR count). The molecule has 1 aromatic heterocycles. The molecule has 1 N–H and O–H groups in total. The van der Waals surface area contributed by atoms with Crippen molar-refractivity contribution >= 4 is 5.91 Å². The molecule has 0 fully saturated rings. The number of hydrogen-bond acceptors (Lipinski definition) is 5. The van der Waals surface area contributed by atoms with E-state index in [1.807, 2.05) is 37.3 Å². The predicted molar refractivity (Wildman–Crippen MR) is 96.7 cm³/mol. The molecule has 0 saturated carbocycles. The third-order valence-corrected chi connectivity index (χ3v) is 3.93. The minimum absolute atomic E-state index is 0.0950. The maximum atomic E-state index is 12.2. The molecular weight excluding hydrogens is 330 g/mol. The molecule has 0 unspecified atom stereocenters. The predicted octanol–water partition coefficient (Wildman–Crippen LogP) is 2.24. The van der Waals surface area contributed by atoms with E-state index in [-0.39, 0.29) is 12.5 Å². The summed E-state index contributed by atoms with van der Waals surface area (Å²) in [6.07, 6.45) is 0.805. The minimum Gasteiger partial charge on any atom is -0.486 e. The molecule has 1 amide bonds. The molecule has 0 spiro atoms. The molecule has 0 radical (unpaired) electrons. The Labute approximate surface area is 152 Å². The van der Waals surface area contributed by atoms with Gasteiger partial charge < -0.3 is 10.1 Å². The fourth-order valence-electron chi connectivity index (χ4n) is 2.49. The van der Waals surface area contributed by atoms with Gasteiger partial charge in [-0.3, -0.25) is 4.79 Å². The van der Waals surface area contributed by atoms with Crippen LogP contribution >= 0.6 is 0 Å². The average molecular weight is 351 g/mol. The quantitative estimate of drug-likeness (QED) is 0.673. The standard InChI is InChI=1S/C19H21N5O2/c1-2-24-18(21-22-23-24)14-26-17-10-8-16(9-11-17)19(25)20-13-12-15-6-4-3-5-7-15/h3-11H,2,12-14H2,1H3,(H,20,25). The second-order valence-electron chi connectivity index (χ2n) is 5.72. The molecule has 7 heteroatoms. The first-order valence-electron chi connectivity index (χ1n) is 8.56. The molecule has 3 aromatic rings. The van der Waals surface area contributed by atoms with Gasteiger partial charge in [-0.1, -0.05) is 30.3 Å². The van der Waals surface area contributed by atoms with Gasteiger partial charge in [0.15, 0.2) is 5.82 Å². The number of aryl methyl sites for hydroxylation is 1. The summed E-state index contributed by atoms with van der Waals surface area (Å²) in [6, 6.07) is 17.1. The van der Waals surface area contributed by atoms with Gasteiger partial charge in [0.1, 0.15) is 12.4 Å². The number of benzene rings is 2. The van der Waals surface area contributed by atoms with Gasteiger partial charge in [0.25, 0.3) is 5.91 Å². The number of carbonyl (C=O) groups is 1. The molecule has 0 saturated heterocycles. The van der Waals surface area contributed by atoms with Crippen LogP contribution in [0.1, 0.15) is 28.7 Å². The highest BCUT2D eigenvalue weighted by Crippen LogP contribution is 2.13. The first-order chi connectivity index (χ1) is 12.8. The molecule has 0 aliphatic rings. The second-order valence-corrected chi connectivity index (χ2v) is 5.72. The Balaban J connectivity index is 1.48. The van der Waals surface area contributed by atoms with Crippen LogP contribution in [0.15, 0.2) is 54.6 Å². The van der Waals surface area contributed by atoms with Gasteiger partial charge in [0.2, 0.25) is 0 Å². The van der Waals surface area contributed by atoms with E-state index in [9.17, 15) is 4.79 Å². The van der Waals surface area contributed by atoms with Gasteiger partial charge >= 0.3 is 0 Å². The lowest BCUT2D eigenvalue weighted by atomic mass is 10.1. The highest BCUT2D eigenvalue weighted by Gasteiger charge is 2.07. The number of nitrogens with one attached hydrogen (secondary N) is 1. The van der Waals surface area contributed by atoms with Crippen LogP contribution in [0.4, 0.5) is 0 Å². The summed E-state index contributed by atoms with van der Waals surface area (Å²) in [5.74, 6) is 1.23. The lowest BCUT2D eigenvalue weighted by Crippen LogP contribution is -2.25. The zero-order chi connectivity index (χ0) is 18.2. The molecule has 0 atom stereocenters. The summed E-state index contributed by atoms with van der Waals surface area (Å²) in [7, 11) is 0. The first-order valence-corrected chi connectivity index (χ1v) is 8.56. The van der Waals surface area contributed by atoms with Crippen LogP contribution < -0.4 is 10.1 Å². The summed E-state index contributed by atoms with van der Waals surface area (Å²) in [6.45, 7) is 3.53. The normalized spacial score (nSPS) is 10.5. The number of aromatic nitrogens is 4. The van der Waals surface area contributed by atoms with Crippen LogP contribution in [-0.4, -0.2) is 32.7 Å². The largest absolute Gasteiger partial charge is 0.486 e. The number of ether oxygens (including phenoxy) is 1. The van der Waals surface area contributed by atoms with E-state index in [1.54, 1.807) is 28.9 Å². The zero-order valence-electron chi connectivity index (χ0n) is 14.6. The van der Waals surface area contributed by atoms with Crippen LogP contribution in [0.3, 0.4) is 0 Å². The highest BCUT2D eigenvalue weighted by atomic mass is 16.5. The van der Waals surface area contributed by atoms with E-state index in [4.69, 9.17) is 4.74 Å². The molecule has 26 heavy (non-hydrogen) atoms. The van der Waals surface area contributed by atoms with Crippen LogP contribution in [0, 0.1) is 0 Å². The Kier molecular flexibility index (Phi) is 5.92. The number of tetrazole rings is 1. The fraction of sp³-hybridized carbons (Fsp3) is 0.263. The number of carbonyl (C=O) groups excluding carboxylic acids is 1. The van der Waals surface area contributed by atoms with E-state index in [2.05, 4.69) is 20.8 Å². The molecule has 0 aliphatic carbocycles. The van der Waals surface area contributed by atoms with E-state index in [1.165, 1.54) is 5.56 Å². The molecule has 0 aliphatic heterocycles. The Bertz CT molecular complexity index is 831. The van der Waals surface area contributed by atoms with Gasteiger partial charge in [-0.15, -0.1) is 5.10 Å². The van der Waals surface area contributed by atoms with Crippen LogP contribution in [0.25, 0.3) is 0 Å². The molecule has 2 aromatic carbocycles. The fourth-order valence-corrected chi connectivity index (χ4v) is 2.49. The van der Waals surface area contributed by atoms with Crippen molar-refractivity contribution in [3.05, 3.63) is 71.5 Å². The lowest BCUT2D eigenvalue weighted by molar-refractivity contribution is 0.0954. The lowest BCUT2D eigenvalue weighted by Gasteiger charge is -2.08. The van der Waals surface area contributed by atoms with Gasteiger partial charge in [0.05, 0.1) is 0 Å². The van der Waals surface area contributed by atoms with E-state index in [0.29, 0.717) is 30.2 Å². The molecule has 134 valence electrons. The topological polar surface area (TPSA) is 81.9 Å². The van der Waals surface area contributed by atoms with Gasteiger partial charge in [0, 0.05) is 18.7 Å². The van der Waals surface area contributed by atoms with Crippen LogP contribution in [0.2, 0.25) is 0 Å². The summed E-state index contributed by atoms with van der Waals surface area (Å²) >= 11 is 0. The van der Waals surface area contributed by atoms with Crippen molar-refractivity contribution in [1.29, 1.82) is 0 Å².